The zero-order valence-corrected chi connectivity index (χ0v) is 30.6. The number of furan rings is 1. The van der Waals surface area contributed by atoms with Gasteiger partial charge >= 0.3 is 0 Å². The number of hydrogen-bond donors (Lipinski definition) is 0. The van der Waals surface area contributed by atoms with Crippen LogP contribution >= 0.6 is 11.3 Å². The van der Waals surface area contributed by atoms with Crippen molar-refractivity contribution in [3.63, 3.8) is 0 Å². The van der Waals surface area contributed by atoms with Gasteiger partial charge in [0.25, 0.3) is 0 Å². The van der Waals surface area contributed by atoms with Crippen molar-refractivity contribution in [1.82, 2.24) is 0 Å². The van der Waals surface area contributed by atoms with Crippen molar-refractivity contribution in [2.45, 2.75) is 0 Å². The van der Waals surface area contributed by atoms with E-state index in [9.17, 15) is 0 Å². The first-order valence-corrected chi connectivity index (χ1v) is 19.5. The molecule has 0 fully saturated rings. The molecule has 0 atom stereocenters. The smallest absolute Gasteiger partial charge is 0.135 e. The quantitative estimate of drug-likeness (QED) is 0.170. The van der Waals surface area contributed by atoms with E-state index in [4.69, 9.17) is 4.42 Å². The van der Waals surface area contributed by atoms with Crippen LogP contribution in [0.1, 0.15) is 0 Å². The fourth-order valence-corrected chi connectivity index (χ4v) is 9.53. The first kappa shape index (κ1) is 31.6. The summed E-state index contributed by atoms with van der Waals surface area (Å²) in [6.07, 6.45) is 0. The summed E-state index contributed by atoms with van der Waals surface area (Å²) in [4.78, 5) is 2.52. The molecule has 3 heteroatoms. The van der Waals surface area contributed by atoms with E-state index in [0.29, 0.717) is 0 Å². The van der Waals surface area contributed by atoms with E-state index in [2.05, 4.69) is 193 Å². The summed E-state index contributed by atoms with van der Waals surface area (Å²) in [7, 11) is 0. The van der Waals surface area contributed by atoms with Gasteiger partial charge in [0.05, 0.1) is 21.8 Å². The molecule has 0 saturated heterocycles. The molecule has 0 aliphatic rings. The highest BCUT2D eigenvalue weighted by molar-refractivity contribution is 7.26. The molecule has 0 N–H and O–H groups in total. The maximum atomic E-state index is 6.28. The van der Waals surface area contributed by atoms with Gasteiger partial charge in [0.1, 0.15) is 11.2 Å². The summed E-state index contributed by atoms with van der Waals surface area (Å²) in [5, 5.41) is 7.25. The van der Waals surface area contributed by atoms with E-state index < -0.39 is 0 Å². The summed E-state index contributed by atoms with van der Waals surface area (Å²) >= 11 is 1.86. The van der Waals surface area contributed by atoms with Gasteiger partial charge in [-0.1, -0.05) is 158 Å². The average Bonchev–Trinajstić information content (AvgIpc) is 3.83. The predicted octanol–water partition coefficient (Wildman–Crippen LogP) is 15.6. The Morgan fingerprint density at radius 3 is 1.89 bits per heavy atom. The average molecular weight is 720 g/mol. The van der Waals surface area contributed by atoms with Gasteiger partial charge in [-0.25, -0.2) is 0 Å². The Morgan fingerprint density at radius 2 is 0.964 bits per heavy atom. The summed E-state index contributed by atoms with van der Waals surface area (Å²) < 4.78 is 8.81. The van der Waals surface area contributed by atoms with Gasteiger partial charge in [-0.05, 0) is 75.5 Å². The fourth-order valence-electron chi connectivity index (χ4n) is 8.33. The van der Waals surface area contributed by atoms with Crippen LogP contribution in [0.2, 0.25) is 0 Å². The second-order valence-electron chi connectivity index (χ2n) is 14.0. The van der Waals surface area contributed by atoms with E-state index in [1.165, 1.54) is 47.6 Å². The van der Waals surface area contributed by atoms with E-state index >= 15 is 0 Å². The van der Waals surface area contributed by atoms with Crippen molar-refractivity contribution >= 4 is 81.3 Å². The second kappa shape index (κ2) is 12.9. The zero-order chi connectivity index (χ0) is 36.3. The van der Waals surface area contributed by atoms with Crippen LogP contribution in [0.25, 0.3) is 86.3 Å². The zero-order valence-electron chi connectivity index (χ0n) is 29.8. The third-order valence-corrected chi connectivity index (χ3v) is 12.1. The lowest BCUT2D eigenvalue weighted by atomic mass is 9.93. The molecule has 0 aliphatic carbocycles. The van der Waals surface area contributed by atoms with Crippen LogP contribution < -0.4 is 4.90 Å². The van der Waals surface area contributed by atoms with Gasteiger partial charge in [-0.3, -0.25) is 0 Å². The van der Waals surface area contributed by atoms with Gasteiger partial charge in [0.2, 0.25) is 0 Å². The Hall–Kier alpha value is -6.94. The van der Waals surface area contributed by atoms with Crippen LogP contribution in [-0.4, -0.2) is 0 Å². The molecule has 0 aliphatic heterocycles. The lowest BCUT2D eigenvalue weighted by Crippen LogP contribution is -2.13. The highest BCUT2D eigenvalue weighted by atomic mass is 32.1. The third-order valence-electron chi connectivity index (χ3n) is 10.9. The first-order valence-electron chi connectivity index (χ1n) is 18.7. The Bertz CT molecular complexity index is 3220. The fraction of sp³-hybridized carbons (Fsp3) is 0. The lowest BCUT2D eigenvalue weighted by molar-refractivity contribution is 0.669. The maximum Gasteiger partial charge on any atom is 0.135 e. The van der Waals surface area contributed by atoms with Crippen molar-refractivity contribution in [3.05, 3.63) is 200 Å². The van der Waals surface area contributed by atoms with Crippen LogP contribution in [0.15, 0.2) is 205 Å². The molecule has 2 nitrogen and oxygen atoms in total. The number of hydrogen-bond acceptors (Lipinski definition) is 3. The van der Waals surface area contributed by atoms with Gasteiger partial charge in [0.15, 0.2) is 0 Å². The molecule has 0 saturated carbocycles. The first-order chi connectivity index (χ1) is 27.3. The maximum absolute atomic E-state index is 6.28. The standard InChI is InChI=1S/C52H33NOS/c1-2-14-35(15-3-1)41-30-28-37(39-22-12-17-34-16-4-5-18-38(34)39)33-48(41)53(47-25-13-23-44-43-21-8-11-27-51(43)55-52(44)47)46-24-9-6-19-40(46)36-29-31-50-45(32-36)42-20-7-10-26-49(42)54-50/h1-33H. The SMILES string of the molecule is c1ccc(-c2ccc(-c3cccc4ccccc34)cc2N(c2ccccc2-c2ccc3oc4ccccc4c3c2)c2cccc3c2sc2ccccc23)cc1. The number of fused-ring (bicyclic) bond motifs is 7. The molecule has 0 spiro atoms. The van der Waals surface area contributed by atoms with Crippen molar-refractivity contribution in [1.29, 1.82) is 0 Å². The van der Waals surface area contributed by atoms with Gasteiger partial charge in [-0.2, -0.15) is 0 Å². The Balaban J connectivity index is 1.23. The topological polar surface area (TPSA) is 16.4 Å². The van der Waals surface area contributed by atoms with Gasteiger partial charge < -0.3 is 9.32 Å². The number of nitrogens with zero attached hydrogens (tertiary/aromatic N) is 1. The molecular formula is C52H33NOS. The molecule has 9 aromatic carbocycles. The van der Waals surface area contributed by atoms with Gasteiger partial charge in [0, 0.05) is 37.4 Å². The van der Waals surface area contributed by atoms with Crippen LogP contribution in [0.5, 0.6) is 0 Å². The molecule has 0 unspecified atom stereocenters. The van der Waals surface area contributed by atoms with Crippen LogP contribution in [0.4, 0.5) is 17.1 Å². The van der Waals surface area contributed by atoms with Crippen molar-refractivity contribution in [2.24, 2.45) is 0 Å². The molecule has 0 bridgehead atoms. The molecule has 0 radical (unpaired) electrons. The Kier molecular flexibility index (Phi) is 7.39. The summed E-state index contributed by atoms with van der Waals surface area (Å²) in [5.41, 5.74) is 12.1. The van der Waals surface area contributed by atoms with Crippen LogP contribution in [-0.2, 0) is 0 Å². The minimum atomic E-state index is 0.892. The van der Waals surface area contributed by atoms with E-state index in [1.807, 2.05) is 23.5 Å². The van der Waals surface area contributed by atoms with E-state index in [0.717, 1.165) is 55.7 Å². The van der Waals surface area contributed by atoms with Crippen molar-refractivity contribution < 1.29 is 4.42 Å². The normalized spacial score (nSPS) is 11.6. The minimum Gasteiger partial charge on any atom is -0.456 e. The molecule has 11 rings (SSSR count). The number of rotatable bonds is 6. The molecule has 2 aromatic heterocycles. The highest BCUT2D eigenvalue weighted by Gasteiger charge is 2.24. The van der Waals surface area contributed by atoms with Crippen LogP contribution in [0.3, 0.4) is 0 Å². The predicted molar refractivity (Wildman–Crippen MR) is 235 cm³/mol. The Morgan fingerprint density at radius 1 is 0.345 bits per heavy atom. The van der Waals surface area contributed by atoms with E-state index in [-0.39, 0.29) is 0 Å². The molecule has 0 amide bonds. The number of benzene rings is 9. The Labute approximate surface area is 322 Å². The molecular weight excluding hydrogens is 687 g/mol. The highest BCUT2D eigenvalue weighted by Crippen LogP contribution is 2.50. The van der Waals surface area contributed by atoms with E-state index in [1.54, 1.807) is 0 Å². The monoisotopic (exact) mass is 719 g/mol. The second-order valence-corrected chi connectivity index (χ2v) is 15.1. The van der Waals surface area contributed by atoms with Crippen molar-refractivity contribution in [2.75, 3.05) is 4.90 Å². The van der Waals surface area contributed by atoms with Crippen LogP contribution in [0, 0.1) is 0 Å². The lowest BCUT2D eigenvalue weighted by Gasteiger charge is -2.31. The molecule has 2 heterocycles. The summed E-state index contributed by atoms with van der Waals surface area (Å²) in [6, 6.07) is 72.4. The molecule has 11 aromatic rings. The molecule has 55 heavy (non-hydrogen) atoms. The number of para-hydroxylation sites is 2. The third kappa shape index (κ3) is 5.24. The van der Waals surface area contributed by atoms with Gasteiger partial charge in [-0.15, -0.1) is 11.3 Å². The van der Waals surface area contributed by atoms with Crippen molar-refractivity contribution in [3.8, 4) is 33.4 Å². The number of anilines is 3. The minimum absolute atomic E-state index is 0.892. The molecule has 258 valence electrons. The number of thiophene rings is 1. The largest absolute Gasteiger partial charge is 0.456 e. The summed E-state index contributed by atoms with van der Waals surface area (Å²) in [6.45, 7) is 0. The summed E-state index contributed by atoms with van der Waals surface area (Å²) in [5.74, 6) is 0.